The summed E-state index contributed by atoms with van der Waals surface area (Å²) in [5, 5.41) is 4.15. The fourth-order valence-corrected chi connectivity index (χ4v) is 1.77. The molecule has 75 valence electrons. The van der Waals surface area contributed by atoms with Crippen LogP contribution in [0, 0.1) is 6.54 Å². The fourth-order valence-electron chi connectivity index (χ4n) is 1.59. The zero-order valence-electron chi connectivity index (χ0n) is 8.04. The summed E-state index contributed by atoms with van der Waals surface area (Å²) < 4.78 is 0. The number of benzene rings is 1. The molecule has 0 spiro atoms. The number of halogens is 1. The largest absolute Gasteiger partial charge is 0.314 e. The Kier molecular flexibility index (Phi) is 3.40. The van der Waals surface area contributed by atoms with Gasteiger partial charge in [0.1, 0.15) is 0 Å². The molecule has 1 aromatic rings. The molecule has 1 radical (unpaired) electrons. The van der Waals surface area contributed by atoms with E-state index in [0.717, 1.165) is 36.8 Å². The van der Waals surface area contributed by atoms with Crippen molar-refractivity contribution < 1.29 is 0 Å². The van der Waals surface area contributed by atoms with Crippen LogP contribution in [0.25, 0.3) is 0 Å². The average Bonchev–Trinajstić information content (AvgIpc) is 2.23. The number of hydrogen-bond donors (Lipinski definition) is 1. The maximum Gasteiger partial charge on any atom is 0.0561 e. The molecule has 1 aliphatic rings. The summed E-state index contributed by atoms with van der Waals surface area (Å²) in [6.45, 7) is 6.38. The Hall–Kier alpha value is -0.570. The topological polar surface area (TPSA) is 15.3 Å². The van der Waals surface area contributed by atoms with Crippen LogP contribution in [0.3, 0.4) is 0 Å². The molecule has 1 N–H and O–H groups in total. The Morgan fingerprint density at radius 2 is 1.93 bits per heavy atom. The summed E-state index contributed by atoms with van der Waals surface area (Å²) >= 11 is 6.07. The van der Waals surface area contributed by atoms with Gasteiger partial charge in [0.15, 0.2) is 0 Å². The summed E-state index contributed by atoms with van der Waals surface area (Å²) in [6.07, 6.45) is 0. The smallest absolute Gasteiger partial charge is 0.0561 e. The molecular formula is C11H14ClN2. The molecule has 14 heavy (non-hydrogen) atoms. The van der Waals surface area contributed by atoms with Gasteiger partial charge in [-0.1, -0.05) is 29.8 Å². The second kappa shape index (κ2) is 4.78. The first-order chi connectivity index (χ1) is 6.86. The molecule has 0 bridgehead atoms. The van der Waals surface area contributed by atoms with Gasteiger partial charge >= 0.3 is 0 Å². The highest BCUT2D eigenvalue weighted by Gasteiger charge is 2.11. The molecule has 0 amide bonds. The quantitative estimate of drug-likeness (QED) is 0.799. The van der Waals surface area contributed by atoms with Crippen molar-refractivity contribution in [3.05, 3.63) is 41.4 Å². The van der Waals surface area contributed by atoms with Gasteiger partial charge in [0.2, 0.25) is 0 Å². The second-order valence-corrected chi connectivity index (χ2v) is 3.84. The molecule has 1 aromatic carbocycles. The summed E-state index contributed by atoms with van der Waals surface area (Å²) in [6, 6.07) is 7.94. The highest BCUT2D eigenvalue weighted by atomic mass is 35.5. The van der Waals surface area contributed by atoms with E-state index in [0.29, 0.717) is 0 Å². The van der Waals surface area contributed by atoms with E-state index in [9.17, 15) is 0 Å². The Balaban J connectivity index is 1.99. The van der Waals surface area contributed by atoms with Crippen LogP contribution in [0.5, 0.6) is 0 Å². The highest BCUT2D eigenvalue weighted by molar-refractivity contribution is 6.31. The predicted molar refractivity (Wildman–Crippen MR) is 59.3 cm³/mol. The minimum absolute atomic E-state index is 0.825. The van der Waals surface area contributed by atoms with E-state index in [2.05, 4.69) is 16.8 Å². The van der Waals surface area contributed by atoms with Crippen molar-refractivity contribution in [3.63, 3.8) is 0 Å². The van der Waals surface area contributed by atoms with Gasteiger partial charge in [-0.3, -0.25) is 4.90 Å². The van der Waals surface area contributed by atoms with Crippen LogP contribution in [0.4, 0.5) is 0 Å². The summed E-state index contributed by atoms with van der Waals surface area (Å²) in [5.41, 5.74) is 1.11. The first-order valence-electron chi connectivity index (χ1n) is 4.90. The van der Waals surface area contributed by atoms with Crippen LogP contribution < -0.4 is 5.32 Å². The van der Waals surface area contributed by atoms with Gasteiger partial charge in [0.25, 0.3) is 0 Å². The molecule has 0 aromatic heterocycles. The standard InChI is InChI=1S/C11H14ClN2/c12-11-4-2-1-3-10(11)9-14-7-5-13-6-8-14/h1-4,9,13H,5-8H2. The lowest BCUT2D eigenvalue weighted by atomic mass is 10.2. The van der Waals surface area contributed by atoms with E-state index >= 15 is 0 Å². The lowest BCUT2D eigenvalue weighted by Gasteiger charge is -2.26. The Labute approximate surface area is 89.9 Å². The van der Waals surface area contributed by atoms with Crippen molar-refractivity contribution in [1.29, 1.82) is 0 Å². The first-order valence-corrected chi connectivity index (χ1v) is 5.28. The van der Waals surface area contributed by atoms with Crippen LogP contribution in [0.2, 0.25) is 5.02 Å². The first kappa shape index (κ1) is 9.97. The molecule has 0 aliphatic carbocycles. The monoisotopic (exact) mass is 209 g/mol. The Morgan fingerprint density at radius 1 is 1.21 bits per heavy atom. The molecule has 3 heteroatoms. The van der Waals surface area contributed by atoms with Gasteiger partial charge in [-0.2, -0.15) is 0 Å². The van der Waals surface area contributed by atoms with E-state index in [1.807, 2.05) is 24.3 Å². The van der Waals surface area contributed by atoms with Crippen LogP contribution in [-0.2, 0) is 0 Å². The van der Waals surface area contributed by atoms with Crippen molar-refractivity contribution in [2.75, 3.05) is 26.2 Å². The maximum atomic E-state index is 6.07. The third kappa shape index (κ3) is 2.47. The summed E-state index contributed by atoms with van der Waals surface area (Å²) in [7, 11) is 0. The third-order valence-corrected chi connectivity index (χ3v) is 2.72. The van der Waals surface area contributed by atoms with Crippen molar-refractivity contribution in [1.82, 2.24) is 10.2 Å². The van der Waals surface area contributed by atoms with Crippen molar-refractivity contribution in [3.8, 4) is 0 Å². The lowest BCUT2D eigenvalue weighted by molar-refractivity contribution is 0.299. The van der Waals surface area contributed by atoms with Crippen LogP contribution in [0.1, 0.15) is 5.56 Å². The molecule has 0 saturated carbocycles. The zero-order valence-corrected chi connectivity index (χ0v) is 8.80. The van der Waals surface area contributed by atoms with Crippen molar-refractivity contribution >= 4 is 11.6 Å². The number of rotatable bonds is 2. The van der Waals surface area contributed by atoms with Gasteiger partial charge in [-0.25, -0.2) is 0 Å². The lowest BCUT2D eigenvalue weighted by Crippen LogP contribution is -2.42. The average molecular weight is 210 g/mol. The van der Waals surface area contributed by atoms with Crippen molar-refractivity contribution in [2.24, 2.45) is 0 Å². The molecule has 2 rings (SSSR count). The highest BCUT2D eigenvalue weighted by Crippen LogP contribution is 2.18. The van der Waals surface area contributed by atoms with Gasteiger partial charge in [-0.15, -0.1) is 0 Å². The van der Waals surface area contributed by atoms with Crippen LogP contribution in [0.15, 0.2) is 24.3 Å². The van der Waals surface area contributed by atoms with Crippen molar-refractivity contribution in [2.45, 2.75) is 0 Å². The molecule has 0 atom stereocenters. The third-order valence-electron chi connectivity index (χ3n) is 2.38. The number of piperazine rings is 1. The van der Waals surface area contributed by atoms with E-state index < -0.39 is 0 Å². The second-order valence-electron chi connectivity index (χ2n) is 3.44. The molecule has 1 fully saturated rings. The van der Waals surface area contributed by atoms with E-state index in [1.54, 1.807) is 0 Å². The summed E-state index contributed by atoms with van der Waals surface area (Å²) in [4.78, 5) is 2.30. The van der Waals surface area contributed by atoms with E-state index in [4.69, 9.17) is 11.6 Å². The number of hydrogen-bond acceptors (Lipinski definition) is 2. The van der Waals surface area contributed by atoms with Gasteiger partial charge < -0.3 is 5.32 Å². The normalized spacial score (nSPS) is 18.4. The number of nitrogens with one attached hydrogen (secondary N) is 1. The molecule has 1 aliphatic heterocycles. The van der Waals surface area contributed by atoms with Gasteiger partial charge in [-0.05, 0) is 11.6 Å². The summed E-state index contributed by atoms with van der Waals surface area (Å²) in [5.74, 6) is 0. The van der Waals surface area contributed by atoms with Gasteiger partial charge in [0, 0.05) is 31.2 Å². The SMILES string of the molecule is Clc1ccccc1[CH]N1CCNCC1. The minimum atomic E-state index is 0.825. The van der Waals surface area contributed by atoms with Crippen LogP contribution in [-0.4, -0.2) is 31.1 Å². The molecule has 0 unspecified atom stereocenters. The van der Waals surface area contributed by atoms with E-state index in [-0.39, 0.29) is 0 Å². The van der Waals surface area contributed by atoms with E-state index in [1.165, 1.54) is 0 Å². The Bertz CT molecular complexity index is 295. The molecule has 1 saturated heterocycles. The maximum absolute atomic E-state index is 6.07. The van der Waals surface area contributed by atoms with Crippen LogP contribution >= 0.6 is 11.6 Å². The predicted octanol–water partition coefficient (Wildman–Crippen LogP) is 1.76. The Morgan fingerprint density at radius 3 is 2.64 bits per heavy atom. The molecular weight excluding hydrogens is 196 g/mol. The zero-order chi connectivity index (χ0) is 9.80. The minimum Gasteiger partial charge on any atom is -0.314 e. The fraction of sp³-hybridized carbons (Fsp3) is 0.364. The molecule has 2 nitrogen and oxygen atoms in total. The van der Waals surface area contributed by atoms with Gasteiger partial charge in [0.05, 0.1) is 6.54 Å². The number of nitrogens with zero attached hydrogens (tertiary/aromatic N) is 1. The molecule has 1 heterocycles.